The van der Waals surface area contributed by atoms with Gasteiger partial charge in [-0.25, -0.2) is 15.4 Å². The first-order valence-electron chi connectivity index (χ1n) is 4.54. The minimum absolute atomic E-state index is 0.0401. The van der Waals surface area contributed by atoms with Gasteiger partial charge in [0, 0.05) is 6.20 Å². The van der Waals surface area contributed by atoms with Crippen LogP contribution in [0.1, 0.15) is 31.4 Å². The summed E-state index contributed by atoms with van der Waals surface area (Å²) in [5, 5.41) is 0. The fourth-order valence-corrected chi connectivity index (χ4v) is 1.20. The van der Waals surface area contributed by atoms with Gasteiger partial charge in [0.05, 0.1) is 11.7 Å². The molecular weight excluding hydrogens is 176 g/mol. The quantitative estimate of drug-likeness (QED) is 0.430. The zero-order valence-electron chi connectivity index (χ0n) is 8.78. The summed E-state index contributed by atoms with van der Waals surface area (Å²) in [4.78, 5) is 8.33. The second-order valence-corrected chi connectivity index (χ2v) is 3.42. The van der Waals surface area contributed by atoms with E-state index in [2.05, 4.69) is 15.4 Å². The molecule has 0 aliphatic rings. The highest BCUT2D eigenvalue weighted by Crippen LogP contribution is 2.12. The van der Waals surface area contributed by atoms with Gasteiger partial charge in [-0.3, -0.25) is 5.84 Å². The summed E-state index contributed by atoms with van der Waals surface area (Å²) < 4.78 is 0. The van der Waals surface area contributed by atoms with Crippen LogP contribution in [-0.4, -0.2) is 9.97 Å². The third-order valence-electron chi connectivity index (χ3n) is 1.80. The molecule has 0 aliphatic carbocycles. The number of hydrogen-bond acceptors (Lipinski definition) is 4. The number of aryl methyl sites for hydroxylation is 1. The van der Waals surface area contributed by atoms with E-state index in [0.29, 0.717) is 0 Å². The fourth-order valence-electron chi connectivity index (χ4n) is 1.20. The van der Waals surface area contributed by atoms with Crippen LogP contribution in [0.3, 0.4) is 0 Å². The summed E-state index contributed by atoms with van der Waals surface area (Å²) in [6.45, 7) is 5.91. The van der Waals surface area contributed by atoms with Crippen LogP contribution in [0.5, 0.6) is 0 Å². The van der Waals surface area contributed by atoms with Gasteiger partial charge in [-0.1, -0.05) is 11.6 Å². The lowest BCUT2D eigenvalue weighted by Crippen LogP contribution is -2.27. The molecule has 0 amide bonds. The van der Waals surface area contributed by atoms with E-state index in [1.807, 2.05) is 32.9 Å². The number of nitrogens with one attached hydrogen (secondary N) is 1. The summed E-state index contributed by atoms with van der Waals surface area (Å²) in [5.41, 5.74) is 4.80. The second kappa shape index (κ2) is 4.83. The van der Waals surface area contributed by atoms with Gasteiger partial charge in [-0.05, 0) is 26.8 Å². The Morgan fingerprint density at radius 1 is 1.57 bits per heavy atom. The number of rotatable bonds is 3. The van der Waals surface area contributed by atoms with Crippen molar-refractivity contribution >= 4 is 0 Å². The predicted molar refractivity (Wildman–Crippen MR) is 56.3 cm³/mol. The van der Waals surface area contributed by atoms with Crippen molar-refractivity contribution in [1.82, 2.24) is 15.4 Å². The van der Waals surface area contributed by atoms with Gasteiger partial charge in [-0.15, -0.1) is 0 Å². The average Bonchev–Trinajstić information content (AvgIpc) is 2.14. The monoisotopic (exact) mass is 192 g/mol. The van der Waals surface area contributed by atoms with E-state index >= 15 is 0 Å². The molecule has 0 saturated carbocycles. The summed E-state index contributed by atoms with van der Waals surface area (Å²) >= 11 is 0. The molecule has 4 nitrogen and oxygen atoms in total. The normalized spacial score (nSPS) is 12.3. The van der Waals surface area contributed by atoms with Crippen molar-refractivity contribution < 1.29 is 0 Å². The zero-order chi connectivity index (χ0) is 10.6. The Balaban J connectivity index is 2.95. The molecule has 1 rings (SSSR count). The highest BCUT2D eigenvalue weighted by atomic mass is 15.2. The van der Waals surface area contributed by atoms with Crippen molar-refractivity contribution in [3.63, 3.8) is 0 Å². The van der Waals surface area contributed by atoms with Crippen molar-refractivity contribution in [2.75, 3.05) is 0 Å². The largest absolute Gasteiger partial charge is 0.271 e. The van der Waals surface area contributed by atoms with Crippen molar-refractivity contribution in [1.29, 1.82) is 0 Å². The highest BCUT2D eigenvalue weighted by Gasteiger charge is 2.07. The Bertz CT molecular complexity index is 329. The van der Waals surface area contributed by atoms with Gasteiger partial charge in [0.2, 0.25) is 0 Å². The van der Waals surface area contributed by atoms with E-state index in [0.717, 1.165) is 11.5 Å². The lowest BCUT2D eigenvalue weighted by molar-refractivity contribution is 0.630. The number of hydrazine groups is 1. The van der Waals surface area contributed by atoms with Crippen molar-refractivity contribution in [3.05, 3.63) is 35.4 Å². The number of nitrogens with two attached hydrogens (primary N) is 1. The Labute approximate surface area is 84.2 Å². The first kappa shape index (κ1) is 10.8. The lowest BCUT2D eigenvalue weighted by Gasteiger charge is -2.11. The van der Waals surface area contributed by atoms with Crippen LogP contribution in [0.2, 0.25) is 0 Å². The molecule has 0 fully saturated rings. The molecule has 1 atom stereocenters. The highest BCUT2D eigenvalue weighted by molar-refractivity contribution is 5.15. The molecule has 76 valence electrons. The molecule has 4 heteroatoms. The van der Waals surface area contributed by atoms with E-state index in [-0.39, 0.29) is 6.04 Å². The number of aromatic nitrogens is 2. The van der Waals surface area contributed by atoms with Crippen molar-refractivity contribution in [3.8, 4) is 0 Å². The minimum Gasteiger partial charge on any atom is -0.271 e. The summed E-state index contributed by atoms with van der Waals surface area (Å²) in [6.07, 6.45) is 3.77. The first-order valence-corrected chi connectivity index (χ1v) is 4.54. The zero-order valence-corrected chi connectivity index (χ0v) is 8.78. The molecule has 1 heterocycles. The molecule has 1 aromatic heterocycles. The van der Waals surface area contributed by atoms with Crippen molar-refractivity contribution in [2.45, 2.75) is 26.8 Å². The molecule has 3 N–H and O–H groups in total. The Hall–Kier alpha value is -1.26. The van der Waals surface area contributed by atoms with Gasteiger partial charge >= 0.3 is 0 Å². The summed E-state index contributed by atoms with van der Waals surface area (Å²) in [5.74, 6) is 6.20. The predicted octanol–water partition coefficient (Wildman–Crippen LogP) is 1.26. The van der Waals surface area contributed by atoms with E-state index in [1.165, 1.54) is 5.57 Å². The van der Waals surface area contributed by atoms with Crippen LogP contribution >= 0.6 is 0 Å². The number of allylic oxidation sites excluding steroid dienone is 1. The summed E-state index contributed by atoms with van der Waals surface area (Å²) in [7, 11) is 0. The second-order valence-electron chi connectivity index (χ2n) is 3.42. The first-order chi connectivity index (χ1) is 6.63. The molecule has 0 saturated heterocycles. The van der Waals surface area contributed by atoms with Crippen LogP contribution in [0.25, 0.3) is 0 Å². The molecule has 0 radical (unpaired) electrons. The number of hydrogen-bond donors (Lipinski definition) is 2. The van der Waals surface area contributed by atoms with Crippen molar-refractivity contribution in [2.24, 2.45) is 5.84 Å². The maximum Gasteiger partial charge on any atom is 0.125 e. The fraction of sp³-hybridized carbons (Fsp3) is 0.400. The molecule has 0 aliphatic heterocycles. The molecule has 14 heavy (non-hydrogen) atoms. The number of nitrogens with zero attached hydrogens (tertiary/aromatic N) is 2. The third-order valence-corrected chi connectivity index (χ3v) is 1.80. The van der Waals surface area contributed by atoms with Crippen LogP contribution in [-0.2, 0) is 0 Å². The lowest BCUT2D eigenvalue weighted by atomic mass is 10.1. The van der Waals surface area contributed by atoms with Gasteiger partial charge in [0.15, 0.2) is 0 Å². The van der Waals surface area contributed by atoms with E-state index < -0.39 is 0 Å². The van der Waals surface area contributed by atoms with Crippen LogP contribution in [0.15, 0.2) is 23.9 Å². The Morgan fingerprint density at radius 2 is 2.29 bits per heavy atom. The summed E-state index contributed by atoms with van der Waals surface area (Å²) in [6, 6.07) is 1.82. The van der Waals surface area contributed by atoms with E-state index in [1.54, 1.807) is 6.20 Å². The Morgan fingerprint density at radius 3 is 2.79 bits per heavy atom. The van der Waals surface area contributed by atoms with Gasteiger partial charge in [-0.2, -0.15) is 0 Å². The van der Waals surface area contributed by atoms with Crippen LogP contribution in [0.4, 0.5) is 0 Å². The van der Waals surface area contributed by atoms with E-state index in [4.69, 9.17) is 5.84 Å². The standard InChI is InChI=1S/C10H16N4/c1-7(2)6-10(14-11)9-4-5-12-8(3)13-9/h4-6,10,14H,11H2,1-3H3. The maximum atomic E-state index is 5.45. The molecule has 0 aromatic carbocycles. The molecule has 1 aromatic rings. The van der Waals surface area contributed by atoms with Gasteiger partial charge in [0.1, 0.15) is 5.82 Å². The average molecular weight is 192 g/mol. The van der Waals surface area contributed by atoms with Crippen LogP contribution in [0, 0.1) is 6.92 Å². The Kier molecular flexibility index (Phi) is 3.73. The van der Waals surface area contributed by atoms with Gasteiger partial charge < -0.3 is 0 Å². The topological polar surface area (TPSA) is 63.8 Å². The minimum atomic E-state index is -0.0401. The SMILES string of the molecule is CC(C)=CC(NN)c1ccnc(C)n1. The van der Waals surface area contributed by atoms with E-state index in [9.17, 15) is 0 Å². The third kappa shape index (κ3) is 2.90. The molecule has 1 unspecified atom stereocenters. The molecule has 0 bridgehead atoms. The van der Waals surface area contributed by atoms with Crippen LogP contribution < -0.4 is 11.3 Å². The maximum absolute atomic E-state index is 5.45. The molecule has 0 spiro atoms. The molecular formula is C10H16N4. The van der Waals surface area contributed by atoms with Gasteiger partial charge in [0.25, 0.3) is 0 Å². The smallest absolute Gasteiger partial charge is 0.125 e.